The van der Waals surface area contributed by atoms with Crippen molar-refractivity contribution in [2.24, 2.45) is 0 Å². The Balaban J connectivity index is 1.09. The lowest BCUT2D eigenvalue weighted by Crippen LogP contribution is -2.09. The monoisotopic (exact) mass is 555 g/mol. The van der Waals surface area contributed by atoms with Crippen molar-refractivity contribution in [2.75, 3.05) is 11.9 Å². The van der Waals surface area contributed by atoms with Crippen LogP contribution in [0.3, 0.4) is 0 Å². The molecule has 0 radical (unpaired) electrons. The maximum Gasteiger partial charge on any atom is 0.0408 e. The van der Waals surface area contributed by atoms with Crippen LogP contribution >= 0.6 is 0 Å². The van der Waals surface area contributed by atoms with Crippen LogP contribution < -0.4 is 4.90 Å². The molecule has 0 heterocycles. The first-order valence-electron chi connectivity index (χ1n) is 15.3. The van der Waals surface area contributed by atoms with Gasteiger partial charge < -0.3 is 4.90 Å². The van der Waals surface area contributed by atoms with E-state index in [1.54, 1.807) is 0 Å². The molecule has 6 aromatic carbocycles. The molecule has 0 bridgehead atoms. The third kappa shape index (κ3) is 5.28. The molecule has 0 unspecified atom stereocenters. The summed E-state index contributed by atoms with van der Waals surface area (Å²) in [4.78, 5) is 2.25. The lowest BCUT2D eigenvalue weighted by Gasteiger charge is -2.21. The van der Waals surface area contributed by atoms with Gasteiger partial charge in [-0.2, -0.15) is 0 Å². The molecule has 7 rings (SSSR count). The van der Waals surface area contributed by atoms with E-state index in [4.69, 9.17) is 0 Å². The molecule has 0 amide bonds. The van der Waals surface area contributed by atoms with E-state index in [0.717, 1.165) is 0 Å². The third-order valence-corrected chi connectivity index (χ3v) is 9.15. The van der Waals surface area contributed by atoms with E-state index in [1.165, 1.54) is 96.5 Å². The molecule has 1 nitrogen and oxygen atoms in total. The molecule has 0 saturated heterocycles. The van der Waals surface area contributed by atoms with E-state index in [0.29, 0.717) is 0 Å². The number of nitrogens with zero attached hydrogens (tertiary/aromatic N) is 1. The molecular weight excluding hydrogens is 518 g/mol. The first-order chi connectivity index (χ1) is 20.9. The predicted octanol–water partition coefficient (Wildman–Crippen LogP) is 11.1. The van der Waals surface area contributed by atoms with Crippen molar-refractivity contribution >= 4 is 11.4 Å². The van der Waals surface area contributed by atoms with Crippen molar-refractivity contribution in [3.8, 4) is 44.5 Å². The van der Waals surface area contributed by atoms with Crippen LogP contribution in [0, 0.1) is 20.8 Å². The molecule has 1 heteroatoms. The second kappa shape index (κ2) is 11.1. The Kier molecular flexibility index (Phi) is 6.95. The quantitative estimate of drug-likeness (QED) is 0.198. The molecule has 1 aliphatic rings. The van der Waals surface area contributed by atoms with Crippen LogP contribution in [0.5, 0.6) is 0 Å². The van der Waals surface area contributed by atoms with Gasteiger partial charge in [0.15, 0.2) is 0 Å². The van der Waals surface area contributed by atoms with Crippen LogP contribution in [-0.2, 0) is 12.8 Å². The van der Waals surface area contributed by atoms with Crippen molar-refractivity contribution in [2.45, 2.75) is 33.6 Å². The summed E-state index contributed by atoms with van der Waals surface area (Å²) in [5.74, 6) is 0. The average molecular weight is 556 g/mol. The van der Waals surface area contributed by atoms with Crippen LogP contribution in [0.2, 0.25) is 0 Å². The summed E-state index contributed by atoms with van der Waals surface area (Å²) in [6, 6.07) is 47.2. The SMILES string of the molecule is Cc1ccc(-c2cc(C)c(-c3ccc(N(C)c4ccc(-c5cccc(-c6ccc7c(c6)CC7)c5)cc4)cc3)cc2C)cc1. The summed E-state index contributed by atoms with van der Waals surface area (Å²) in [6.45, 7) is 6.57. The first kappa shape index (κ1) is 27.0. The summed E-state index contributed by atoms with van der Waals surface area (Å²) in [7, 11) is 2.14. The summed E-state index contributed by atoms with van der Waals surface area (Å²) < 4.78 is 0. The molecule has 6 aromatic rings. The highest BCUT2D eigenvalue weighted by molar-refractivity contribution is 5.79. The number of hydrogen-bond donors (Lipinski definition) is 0. The Morgan fingerprint density at radius 3 is 1.42 bits per heavy atom. The standard InChI is InChI=1S/C42H37N/c1-28-8-10-33(11-9-28)41-24-30(3)42(25-29(41)2)34-18-22-40(23-19-34)43(4)39-20-16-32(17-21-39)35-6-5-7-36(26-35)38-15-13-31-12-14-37(31)27-38/h5-11,13,15-27H,12,14H2,1-4H3. The molecule has 0 N–H and O–H groups in total. The fraction of sp³-hybridized carbons (Fsp3) is 0.143. The number of anilines is 2. The van der Waals surface area contributed by atoms with Gasteiger partial charge in [0.1, 0.15) is 0 Å². The highest BCUT2D eigenvalue weighted by atomic mass is 15.1. The molecule has 0 fully saturated rings. The van der Waals surface area contributed by atoms with Gasteiger partial charge in [-0.05, 0) is 131 Å². The second-order valence-corrected chi connectivity index (χ2v) is 12.1. The van der Waals surface area contributed by atoms with Crippen LogP contribution in [0.4, 0.5) is 11.4 Å². The van der Waals surface area contributed by atoms with Gasteiger partial charge in [0.2, 0.25) is 0 Å². The van der Waals surface area contributed by atoms with Crippen LogP contribution in [-0.4, -0.2) is 7.05 Å². The van der Waals surface area contributed by atoms with Crippen LogP contribution in [0.25, 0.3) is 44.5 Å². The molecule has 0 spiro atoms. The van der Waals surface area contributed by atoms with E-state index in [1.807, 2.05) is 0 Å². The summed E-state index contributed by atoms with van der Waals surface area (Å²) in [5.41, 5.74) is 19.4. The van der Waals surface area contributed by atoms with Crippen molar-refractivity contribution in [3.05, 3.63) is 155 Å². The molecule has 0 atom stereocenters. The Labute approximate surface area is 256 Å². The van der Waals surface area contributed by atoms with E-state index in [9.17, 15) is 0 Å². The Bertz CT molecular complexity index is 1930. The van der Waals surface area contributed by atoms with Gasteiger partial charge in [-0.25, -0.2) is 0 Å². The van der Waals surface area contributed by atoms with E-state index in [-0.39, 0.29) is 0 Å². The number of benzene rings is 6. The Morgan fingerprint density at radius 2 is 0.884 bits per heavy atom. The van der Waals surface area contributed by atoms with Gasteiger partial charge in [0.25, 0.3) is 0 Å². The van der Waals surface area contributed by atoms with Gasteiger partial charge in [0.05, 0.1) is 0 Å². The number of fused-ring (bicyclic) bond motifs is 1. The highest BCUT2D eigenvalue weighted by Crippen LogP contribution is 2.35. The lowest BCUT2D eigenvalue weighted by atomic mass is 9.86. The first-order valence-corrected chi connectivity index (χ1v) is 15.3. The van der Waals surface area contributed by atoms with Crippen molar-refractivity contribution in [3.63, 3.8) is 0 Å². The van der Waals surface area contributed by atoms with Crippen LogP contribution in [0.15, 0.2) is 127 Å². The minimum absolute atomic E-state index is 1.17. The maximum absolute atomic E-state index is 2.37. The fourth-order valence-corrected chi connectivity index (χ4v) is 6.32. The number of rotatable bonds is 6. The largest absolute Gasteiger partial charge is 0.345 e. The van der Waals surface area contributed by atoms with E-state index >= 15 is 0 Å². The van der Waals surface area contributed by atoms with E-state index in [2.05, 4.69) is 160 Å². The normalized spacial score (nSPS) is 12.0. The molecule has 210 valence electrons. The lowest BCUT2D eigenvalue weighted by molar-refractivity contribution is 0.840. The maximum atomic E-state index is 2.37. The molecular formula is C42H37N. The molecule has 0 aromatic heterocycles. The van der Waals surface area contributed by atoms with Gasteiger partial charge in [0, 0.05) is 18.4 Å². The molecule has 1 aliphatic carbocycles. The predicted molar refractivity (Wildman–Crippen MR) is 184 cm³/mol. The van der Waals surface area contributed by atoms with Gasteiger partial charge in [-0.1, -0.05) is 103 Å². The van der Waals surface area contributed by atoms with E-state index < -0.39 is 0 Å². The fourth-order valence-electron chi connectivity index (χ4n) is 6.32. The average Bonchev–Trinajstić information content (AvgIpc) is 3.03. The molecule has 0 aliphatic heterocycles. The number of aryl methyl sites for hydroxylation is 5. The van der Waals surface area contributed by atoms with Crippen LogP contribution in [0.1, 0.15) is 27.8 Å². The van der Waals surface area contributed by atoms with Crippen molar-refractivity contribution in [1.82, 2.24) is 0 Å². The highest BCUT2D eigenvalue weighted by Gasteiger charge is 2.14. The van der Waals surface area contributed by atoms with Crippen molar-refractivity contribution < 1.29 is 0 Å². The third-order valence-electron chi connectivity index (χ3n) is 9.15. The minimum atomic E-state index is 1.17. The summed E-state index contributed by atoms with van der Waals surface area (Å²) in [6.07, 6.45) is 2.43. The van der Waals surface area contributed by atoms with Crippen molar-refractivity contribution in [1.29, 1.82) is 0 Å². The Morgan fingerprint density at radius 1 is 0.419 bits per heavy atom. The number of hydrogen-bond acceptors (Lipinski definition) is 1. The molecule has 43 heavy (non-hydrogen) atoms. The minimum Gasteiger partial charge on any atom is -0.345 e. The molecule has 0 saturated carbocycles. The van der Waals surface area contributed by atoms with Gasteiger partial charge in [-0.3, -0.25) is 0 Å². The zero-order chi connectivity index (χ0) is 29.5. The topological polar surface area (TPSA) is 3.24 Å². The zero-order valence-corrected chi connectivity index (χ0v) is 25.5. The Hall–Kier alpha value is -4.88. The smallest absolute Gasteiger partial charge is 0.0408 e. The van der Waals surface area contributed by atoms with Gasteiger partial charge >= 0.3 is 0 Å². The van der Waals surface area contributed by atoms with Gasteiger partial charge in [-0.15, -0.1) is 0 Å². The zero-order valence-electron chi connectivity index (χ0n) is 25.5. The summed E-state index contributed by atoms with van der Waals surface area (Å²) >= 11 is 0. The second-order valence-electron chi connectivity index (χ2n) is 12.1. The summed E-state index contributed by atoms with van der Waals surface area (Å²) in [5, 5.41) is 0.